The Morgan fingerprint density at radius 3 is 3.16 bits per heavy atom. The molecule has 1 amide bonds. The van der Waals surface area contributed by atoms with E-state index in [-0.39, 0.29) is 18.1 Å². The number of anilines is 1. The molecular weight excluding hydrogens is 244 g/mol. The van der Waals surface area contributed by atoms with E-state index in [1.54, 1.807) is 18.5 Å². The van der Waals surface area contributed by atoms with Crippen LogP contribution in [0.25, 0.3) is 0 Å². The van der Waals surface area contributed by atoms with Crippen molar-refractivity contribution in [1.29, 1.82) is 0 Å². The van der Waals surface area contributed by atoms with Gasteiger partial charge in [0, 0.05) is 12.7 Å². The first-order valence-corrected chi connectivity index (χ1v) is 6.50. The van der Waals surface area contributed by atoms with Gasteiger partial charge in [0.15, 0.2) is 0 Å². The van der Waals surface area contributed by atoms with Crippen molar-refractivity contribution in [2.75, 3.05) is 18.6 Å². The summed E-state index contributed by atoms with van der Waals surface area (Å²) in [5, 5.41) is 0. The van der Waals surface area contributed by atoms with E-state index in [1.807, 2.05) is 11.8 Å². The minimum Gasteiger partial charge on any atom is -0.375 e. The maximum Gasteiger partial charge on any atom is 0.256 e. The SMILES string of the molecule is CCC1COC(C)CN1C(=O)c1ccncc1NN. The van der Waals surface area contributed by atoms with Gasteiger partial charge in [-0.05, 0) is 19.4 Å². The van der Waals surface area contributed by atoms with E-state index in [4.69, 9.17) is 10.6 Å². The summed E-state index contributed by atoms with van der Waals surface area (Å²) in [6, 6.07) is 1.80. The third-order valence-electron chi connectivity index (χ3n) is 3.41. The Balaban J connectivity index is 2.26. The van der Waals surface area contributed by atoms with Crippen LogP contribution in [0.15, 0.2) is 18.5 Å². The molecule has 2 heterocycles. The molecule has 1 aromatic rings. The summed E-state index contributed by atoms with van der Waals surface area (Å²) in [4.78, 5) is 18.5. The smallest absolute Gasteiger partial charge is 0.256 e. The average molecular weight is 264 g/mol. The van der Waals surface area contributed by atoms with Gasteiger partial charge in [-0.2, -0.15) is 0 Å². The normalized spacial score (nSPS) is 23.2. The lowest BCUT2D eigenvalue weighted by molar-refractivity contribution is -0.0443. The van der Waals surface area contributed by atoms with Gasteiger partial charge < -0.3 is 15.1 Å². The van der Waals surface area contributed by atoms with E-state index < -0.39 is 0 Å². The van der Waals surface area contributed by atoms with Crippen molar-refractivity contribution in [2.24, 2.45) is 5.84 Å². The molecule has 2 atom stereocenters. The molecule has 0 radical (unpaired) electrons. The summed E-state index contributed by atoms with van der Waals surface area (Å²) in [6.07, 6.45) is 4.08. The molecule has 0 bridgehead atoms. The summed E-state index contributed by atoms with van der Waals surface area (Å²) in [6.45, 7) is 5.21. The second-order valence-corrected chi connectivity index (χ2v) is 4.73. The summed E-state index contributed by atoms with van der Waals surface area (Å²) < 4.78 is 5.61. The first-order valence-electron chi connectivity index (χ1n) is 6.50. The Kier molecular flexibility index (Phi) is 4.34. The molecule has 6 heteroatoms. The van der Waals surface area contributed by atoms with Crippen molar-refractivity contribution in [3.05, 3.63) is 24.0 Å². The topological polar surface area (TPSA) is 80.5 Å². The Labute approximate surface area is 112 Å². The number of morpholine rings is 1. The molecule has 2 rings (SSSR count). The Morgan fingerprint density at radius 1 is 1.68 bits per heavy atom. The van der Waals surface area contributed by atoms with Gasteiger partial charge in [-0.1, -0.05) is 6.92 Å². The molecule has 0 saturated carbocycles. The fourth-order valence-corrected chi connectivity index (χ4v) is 2.28. The molecule has 1 aliphatic heterocycles. The molecule has 0 aromatic carbocycles. The van der Waals surface area contributed by atoms with E-state index in [0.29, 0.717) is 24.4 Å². The van der Waals surface area contributed by atoms with Gasteiger partial charge in [0.1, 0.15) is 0 Å². The van der Waals surface area contributed by atoms with Gasteiger partial charge in [-0.25, -0.2) is 0 Å². The number of hydrogen-bond acceptors (Lipinski definition) is 5. The van der Waals surface area contributed by atoms with E-state index in [1.165, 1.54) is 0 Å². The molecular formula is C13H20N4O2. The van der Waals surface area contributed by atoms with Gasteiger partial charge in [-0.3, -0.25) is 15.6 Å². The molecule has 1 saturated heterocycles. The van der Waals surface area contributed by atoms with Crippen molar-refractivity contribution in [3.63, 3.8) is 0 Å². The monoisotopic (exact) mass is 264 g/mol. The van der Waals surface area contributed by atoms with Crippen LogP contribution in [0, 0.1) is 0 Å². The molecule has 1 aromatic heterocycles. The lowest BCUT2D eigenvalue weighted by Gasteiger charge is -2.38. The van der Waals surface area contributed by atoms with E-state index in [9.17, 15) is 4.79 Å². The molecule has 3 N–H and O–H groups in total. The Hall–Kier alpha value is -1.66. The molecule has 1 fully saturated rings. The van der Waals surface area contributed by atoms with E-state index >= 15 is 0 Å². The number of rotatable bonds is 3. The van der Waals surface area contributed by atoms with Crippen molar-refractivity contribution in [2.45, 2.75) is 32.4 Å². The highest BCUT2D eigenvalue weighted by Gasteiger charge is 2.30. The number of hydrogen-bond donors (Lipinski definition) is 2. The lowest BCUT2D eigenvalue weighted by atomic mass is 10.1. The van der Waals surface area contributed by atoms with Crippen molar-refractivity contribution >= 4 is 11.6 Å². The summed E-state index contributed by atoms with van der Waals surface area (Å²) in [5.41, 5.74) is 3.61. The fraction of sp³-hybridized carbons (Fsp3) is 0.538. The standard InChI is InChI=1S/C13H20N4O2/c1-3-10-8-19-9(2)7-17(10)13(18)11-4-5-15-6-12(11)16-14/h4-6,9-10,16H,3,7-8,14H2,1-2H3. The summed E-state index contributed by atoms with van der Waals surface area (Å²) in [7, 11) is 0. The molecule has 0 spiro atoms. The van der Waals surface area contributed by atoms with Crippen molar-refractivity contribution < 1.29 is 9.53 Å². The average Bonchev–Trinajstić information content (AvgIpc) is 2.46. The van der Waals surface area contributed by atoms with Gasteiger partial charge in [0.25, 0.3) is 5.91 Å². The number of nitrogens with one attached hydrogen (secondary N) is 1. The van der Waals surface area contributed by atoms with Crippen LogP contribution in [0.1, 0.15) is 30.6 Å². The van der Waals surface area contributed by atoms with Gasteiger partial charge in [0.05, 0.1) is 36.2 Å². The first-order chi connectivity index (χ1) is 9.17. The largest absolute Gasteiger partial charge is 0.375 e. The van der Waals surface area contributed by atoms with Crippen molar-refractivity contribution in [3.8, 4) is 0 Å². The minimum atomic E-state index is -0.0302. The zero-order chi connectivity index (χ0) is 13.8. The number of hydrazine groups is 1. The van der Waals surface area contributed by atoms with Gasteiger partial charge in [0.2, 0.25) is 0 Å². The highest BCUT2D eigenvalue weighted by atomic mass is 16.5. The van der Waals surface area contributed by atoms with Crippen LogP contribution >= 0.6 is 0 Å². The Morgan fingerprint density at radius 2 is 2.47 bits per heavy atom. The number of pyridine rings is 1. The molecule has 2 unspecified atom stereocenters. The molecule has 0 aliphatic carbocycles. The minimum absolute atomic E-state index is 0.0302. The highest BCUT2D eigenvalue weighted by molar-refractivity contribution is 5.99. The number of carbonyl (C=O) groups excluding carboxylic acids is 1. The summed E-state index contributed by atoms with van der Waals surface area (Å²) >= 11 is 0. The number of nitrogens with zero attached hydrogens (tertiary/aromatic N) is 2. The van der Waals surface area contributed by atoms with Crippen LogP contribution in [-0.4, -0.2) is 41.1 Å². The summed E-state index contributed by atoms with van der Waals surface area (Å²) in [5.74, 6) is 5.40. The Bertz CT molecular complexity index is 452. The van der Waals surface area contributed by atoms with E-state index in [2.05, 4.69) is 17.3 Å². The predicted molar refractivity (Wildman–Crippen MR) is 72.6 cm³/mol. The number of nitrogens with two attached hydrogens (primary N) is 1. The zero-order valence-corrected chi connectivity index (χ0v) is 11.3. The molecule has 104 valence electrons. The maximum atomic E-state index is 12.6. The number of carbonyl (C=O) groups is 1. The van der Waals surface area contributed by atoms with Crippen LogP contribution in [0.3, 0.4) is 0 Å². The number of aromatic nitrogens is 1. The lowest BCUT2D eigenvalue weighted by Crippen LogP contribution is -2.51. The second kappa shape index (κ2) is 5.99. The molecule has 19 heavy (non-hydrogen) atoms. The van der Waals surface area contributed by atoms with Crippen molar-refractivity contribution in [1.82, 2.24) is 9.88 Å². The van der Waals surface area contributed by atoms with Crippen LogP contribution < -0.4 is 11.3 Å². The fourth-order valence-electron chi connectivity index (χ4n) is 2.28. The second-order valence-electron chi connectivity index (χ2n) is 4.73. The maximum absolute atomic E-state index is 12.6. The zero-order valence-electron chi connectivity index (χ0n) is 11.3. The quantitative estimate of drug-likeness (QED) is 0.629. The van der Waals surface area contributed by atoms with Crippen LogP contribution in [-0.2, 0) is 4.74 Å². The third kappa shape index (κ3) is 2.85. The number of ether oxygens (including phenoxy) is 1. The van der Waals surface area contributed by atoms with Gasteiger partial charge in [-0.15, -0.1) is 0 Å². The van der Waals surface area contributed by atoms with E-state index in [0.717, 1.165) is 6.42 Å². The molecule has 1 aliphatic rings. The predicted octanol–water partition coefficient (Wildman–Crippen LogP) is 1.01. The number of amides is 1. The van der Waals surface area contributed by atoms with Crippen LogP contribution in [0.2, 0.25) is 0 Å². The number of nitrogen functional groups attached to an aromatic ring is 1. The van der Waals surface area contributed by atoms with Gasteiger partial charge >= 0.3 is 0 Å². The first kappa shape index (κ1) is 13.8. The molecule has 6 nitrogen and oxygen atoms in total. The van der Waals surface area contributed by atoms with Crippen LogP contribution in [0.5, 0.6) is 0 Å². The highest BCUT2D eigenvalue weighted by Crippen LogP contribution is 2.21. The van der Waals surface area contributed by atoms with Crippen LogP contribution in [0.4, 0.5) is 5.69 Å². The third-order valence-corrected chi connectivity index (χ3v) is 3.41.